The summed E-state index contributed by atoms with van der Waals surface area (Å²) in [5, 5.41) is 6.36. The molecule has 1 aromatic rings. The Morgan fingerprint density at radius 1 is 1.20 bits per heavy atom. The molecule has 2 N–H and O–H groups in total. The van der Waals surface area contributed by atoms with E-state index in [1.807, 2.05) is 12.1 Å². The van der Waals surface area contributed by atoms with Crippen molar-refractivity contribution in [3.05, 3.63) is 29.3 Å². The first-order valence-corrected chi connectivity index (χ1v) is 7.22. The number of rotatable bonds is 4. The van der Waals surface area contributed by atoms with E-state index < -0.39 is 0 Å². The molecule has 0 atom stereocenters. The highest BCUT2D eigenvalue weighted by molar-refractivity contribution is 5.90. The van der Waals surface area contributed by atoms with Gasteiger partial charge in [-0.2, -0.15) is 0 Å². The Hall–Kier alpha value is -1.06. The van der Waals surface area contributed by atoms with Gasteiger partial charge in [-0.05, 0) is 75.4 Å². The zero-order valence-corrected chi connectivity index (χ0v) is 13.2. The number of piperidine rings is 1. The van der Waals surface area contributed by atoms with E-state index >= 15 is 0 Å². The first-order chi connectivity index (χ1) is 9.13. The molecule has 1 amide bonds. The van der Waals surface area contributed by atoms with Crippen LogP contribution in [0.25, 0.3) is 0 Å². The third-order valence-electron chi connectivity index (χ3n) is 3.74. The van der Waals surface area contributed by atoms with Gasteiger partial charge < -0.3 is 10.6 Å². The summed E-state index contributed by atoms with van der Waals surface area (Å²) in [6, 6.07) is 6.16. The molecule has 1 aromatic carbocycles. The number of carbonyl (C=O) groups excluding carboxylic acids is 1. The summed E-state index contributed by atoms with van der Waals surface area (Å²) in [6.07, 6.45) is 4.06. The maximum Gasteiger partial charge on any atom is 0.224 e. The van der Waals surface area contributed by atoms with Crippen LogP contribution in [0, 0.1) is 19.8 Å². The molecule has 0 unspecified atom stereocenters. The number of hydrogen-bond acceptors (Lipinski definition) is 2. The van der Waals surface area contributed by atoms with Gasteiger partial charge in [0.15, 0.2) is 0 Å². The lowest BCUT2D eigenvalue weighted by Gasteiger charge is -2.22. The van der Waals surface area contributed by atoms with Gasteiger partial charge in [-0.3, -0.25) is 4.79 Å². The van der Waals surface area contributed by atoms with Crippen LogP contribution in [-0.2, 0) is 4.79 Å². The maximum absolute atomic E-state index is 12.0. The largest absolute Gasteiger partial charge is 0.326 e. The minimum Gasteiger partial charge on any atom is -0.326 e. The molecular weight excluding hydrogens is 272 g/mol. The van der Waals surface area contributed by atoms with E-state index in [-0.39, 0.29) is 18.3 Å². The molecule has 1 aliphatic heterocycles. The molecule has 0 spiro atoms. The molecule has 112 valence electrons. The van der Waals surface area contributed by atoms with E-state index in [1.54, 1.807) is 0 Å². The predicted molar refractivity (Wildman–Crippen MR) is 86.6 cm³/mol. The van der Waals surface area contributed by atoms with Crippen LogP contribution in [0.1, 0.15) is 36.8 Å². The smallest absolute Gasteiger partial charge is 0.224 e. The molecule has 1 heterocycles. The number of hydrogen-bond donors (Lipinski definition) is 2. The van der Waals surface area contributed by atoms with Crippen molar-refractivity contribution in [2.75, 3.05) is 18.4 Å². The van der Waals surface area contributed by atoms with Crippen molar-refractivity contribution in [1.29, 1.82) is 0 Å². The van der Waals surface area contributed by atoms with Crippen molar-refractivity contribution in [3.63, 3.8) is 0 Å². The van der Waals surface area contributed by atoms with Crippen molar-refractivity contribution in [2.45, 2.75) is 39.5 Å². The summed E-state index contributed by atoms with van der Waals surface area (Å²) in [4.78, 5) is 12.0. The highest BCUT2D eigenvalue weighted by Gasteiger charge is 2.14. The van der Waals surface area contributed by atoms with Crippen LogP contribution < -0.4 is 10.6 Å². The van der Waals surface area contributed by atoms with E-state index in [9.17, 15) is 4.79 Å². The third-order valence-corrected chi connectivity index (χ3v) is 3.74. The Kier molecular flexibility index (Phi) is 7.03. The molecule has 0 saturated carbocycles. The van der Waals surface area contributed by atoms with E-state index in [4.69, 9.17) is 0 Å². The lowest BCUT2D eigenvalue weighted by atomic mass is 9.93. The lowest BCUT2D eigenvalue weighted by molar-refractivity contribution is -0.116. The molecule has 0 aliphatic carbocycles. The van der Waals surface area contributed by atoms with Crippen LogP contribution >= 0.6 is 12.4 Å². The molecule has 0 bridgehead atoms. The Labute approximate surface area is 127 Å². The highest BCUT2D eigenvalue weighted by Crippen LogP contribution is 2.19. The Bertz CT molecular complexity index is 422. The highest BCUT2D eigenvalue weighted by atomic mass is 35.5. The van der Waals surface area contributed by atoms with Gasteiger partial charge in [0.1, 0.15) is 0 Å². The number of benzene rings is 1. The zero-order chi connectivity index (χ0) is 13.7. The van der Waals surface area contributed by atoms with Crippen LogP contribution in [0.5, 0.6) is 0 Å². The van der Waals surface area contributed by atoms with Gasteiger partial charge in [-0.25, -0.2) is 0 Å². The zero-order valence-electron chi connectivity index (χ0n) is 12.4. The van der Waals surface area contributed by atoms with Crippen molar-refractivity contribution in [1.82, 2.24) is 5.32 Å². The maximum atomic E-state index is 12.0. The molecule has 1 saturated heterocycles. The van der Waals surface area contributed by atoms with Gasteiger partial charge in [-0.1, -0.05) is 6.07 Å². The Morgan fingerprint density at radius 2 is 1.80 bits per heavy atom. The summed E-state index contributed by atoms with van der Waals surface area (Å²) < 4.78 is 0. The lowest BCUT2D eigenvalue weighted by Crippen LogP contribution is -2.28. The minimum absolute atomic E-state index is 0. The first kappa shape index (κ1) is 17.0. The quantitative estimate of drug-likeness (QED) is 0.893. The van der Waals surface area contributed by atoms with Gasteiger partial charge in [-0.15, -0.1) is 12.4 Å². The van der Waals surface area contributed by atoms with Crippen molar-refractivity contribution >= 4 is 24.0 Å². The topological polar surface area (TPSA) is 41.1 Å². The summed E-state index contributed by atoms with van der Waals surface area (Å²) in [6.45, 7) is 6.31. The average Bonchev–Trinajstić information content (AvgIpc) is 2.36. The van der Waals surface area contributed by atoms with Crippen LogP contribution in [-0.4, -0.2) is 19.0 Å². The van der Waals surface area contributed by atoms with E-state index in [0.29, 0.717) is 12.3 Å². The van der Waals surface area contributed by atoms with Gasteiger partial charge in [0.25, 0.3) is 0 Å². The number of carbonyl (C=O) groups is 1. The van der Waals surface area contributed by atoms with E-state index in [1.165, 1.54) is 24.0 Å². The molecule has 1 aliphatic rings. The summed E-state index contributed by atoms with van der Waals surface area (Å²) in [5.41, 5.74) is 3.30. The second-order valence-corrected chi connectivity index (χ2v) is 5.66. The van der Waals surface area contributed by atoms with Crippen LogP contribution in [0.15, 0.2) is 18.2 Å². The summed E-state index contributed by atoms with van der Waals surface area (Å²) >= 11 is 0. The normalized spacial score (nSPS) is 15.5. The fourth-order valence-corrected chi connectivity index (χ4v) is 2.78. The molecule has 0 aromatic heterocycles. The SMILES string of the molecule is Cc1cc(C)cc(NC(=O)CCC2CCNCC2)c1.Cl. The second-order valence-electron chi connectivity index (χ2n) is 5.66. The predicted octanol–water partition coefficient (Wildman–Crippen LogP) is 3.44. The molecular formula is C16H25ClN2O. The van der Waals surface area contributed by atoms with Gasteiger partial charge in [0.2, 0.25) is 5.91 Å². The molecule has 1 fully saturated rings. The molecule has 3 nitrogen and oxygen atoms in total. The minimum atomic E-state index is 0. The Balaban J connectivity index is 0.00000200. The number of halogens is 1. The van der Waals surface area contributed by atoms with E-state index in [0.717, 1.165) is 25.2 Å². The number of amides is 1. The molecule has 0 radical (unpaired) electrons. The second kappa shape index (κ2) is 8.28. The van der Waals surface area contributed by atoms with Crippen LogP contribution in [0.3, 0.4) is 0 Å². The van der Waals surface area contributed by atoms with Crippen molar-refractivity contribution < 1.29 is 4.79 Å². The molecule has 2 rings (SSSR count). The summed E-state index contributed by atoms with van der Waals surface area (Å²) in [7, 11) is 0. The van der Waals surface area contributed by atoms with Gasteiger partial charge >= 0.3 is 0 Å². The Morgan fingerprint density at radius 3 is 2.40 bits per heavy atom. The molecule has 4 heteroatoms. The summed E-state index contributed by atoms with van der Waals surface area (Å²) in [5.74, 6) is 0.856. The van der Waals surface area contributed by atoms with Gasteiger partial charge in [0, 0.05) is 12.1 Å². The molecule has 20 heavy (non-hydrogen) atoms. The van der Waals surface area contributed by atoms with Crippen molar-refractivity contribution in [2.24, 2.45) is 5.92 Å². The fourth-order valence-electron chi connectivity index (χ4n) is 2.78. The average molecular weight is 297 g/mol. The monoisotopic (exact) mass is 296 g/mol. The third kappa shape index (κ3) is 5.51. The van der Waals surface area contributed by atoms with E-state index in [2.05, 4.69) is 30.5 Å². The standard InChI is InChI=1S/C16H24N2O.ClH/c1-12-9-13(2)11-15(10-12)18-16(19)4-3-14-5-7-17-8-6-14;/h9-11,14,17H,3-8H2,1-2H3,(H,18,19);1H. The number of nitrogens with one attached hydrogen (secondary N) is 2. The van der Waals surface area contributed by atoms with Crippen LogP contribution in [0.4, 0.5) is 5.69 Å². The number of anilines is 1. The fraction of sp³-hybridized carbons (Fsp3) is 0.562. The van der Waals surface area contributed by atoms with Crippen molar-refractivity contribution in [3.8, 4) is 0 Å². The van der Waals surface area contributed by atoms with Crippen LogP contribution in [0.2, 0.25) is 0 Å². The number of aryl methyl sites for hydroxylation is 2. The van der Waals surface area contributed by atoms with Gasteiger partial charge in [0.05, 0.1) is 0 Å². The first-order valence-electron chi connectivity index (χ1n) is 7.22.